The number of carboxylic acid groups (broad SMARTS) is 1. The number of hydroxylamine groups is 2. The van der Waals surface area contributed by atoms with Crippen molar-refractivity contribution < 1.29 is 75.7 Å². The Balaban J connectivity index is 0.00000324. The number of rotatable bonds is 4. The van der Waals surface area contributed by atoms with Crippen molar-refractivity contribution in [2.24, 2.45) is 5.41 Å². The number of hydrogen-bond acceptors (Lipinski definition) is 4. The van der Waals surface area contributed by atoms with Crippen LogP contribution in [0.15, 0.2) is 24.3 Å². The maximum atomic E-state index is 13.3. The average molecular weight is 293 g/mol. The van der Waals surface area contributed by atoms with E-state index in [0.717, 1.165) is 13.8 Å². The summed E-state index contributed by atoms with van der Waals surface area (Å²) in [6.07, 6.45) is 0. The number of carboxylic acids is 1. The van der Waals surface area contributed by atoms with Gasteiger partial charge in [0.1, 0.15) is 5.82 Å². The number of aliphatic carboxylic acids is 1. The van der Waals surface area contributed by atoms with Crippen LogP contribution < -0.4 is 56.5 Å². The predicted molar refractivity (Wildman–Crippen MR) is 57.5 cm³/mol. The van der Waals surface area contributed by atoms with Crippen LogP contribution in [0.25, 0.3) is 0 Å². The molecule has 0 aliphatic heterocycles. The van der Waals surface area contributed by atoms with Crippen LogP contribution in [0.3, 0.4) is 0 Å². The van der Waals surface area contributed by atoms with Gasteiger partial charge >= 0.3 is 51.4 Å². The van der Waals surface area contributed by atoms with Crippen LogP contribution in [0, 0.1) is 11.2 Å². The van der Waals surface area contributed by atoms with Crippen molar-refractivity contribution in [1.29, 1.82) is 0 Å². The molecule has 1 rings (SSSR count). The first-order valence-corrected chi connectivity index (χ1v) is 5.22. The summed E-state index contributed by atoms with van der Waals surface area (Å²) in [5.74, 6) is -3.26. The van der Waals surface area contributed by atoms with Gasteiger partial charge in [-0.25, -0.2) is 9.45 Å². The van der Waals surface area contributed by atoms with Gasteiger partial charge in [0.15, 0.2) is 0 Å². The zero-order chi connectivity index (χ0) is 13.9. The predicted octanol–water partition coefficient (Wildman–Crippen LogP) is -2.68. The molecular formula is C12H13FKNO4. The van der Waals surface area contributed by atoms with Gasteiger partial charge in [-0.2, -0.15) is 0 Å². The molecule has 98 valence electrons. The average Bonchev–Trinajstić information content (AvgIpc) is 2.30. The smallest absolute Gasteiger partial charge is 0.549 e. The van der Waals surface area contributed by atoms with E-state index in [4.69, 9.17) is 0 Å². The van der Waals surface area contributed by atoms with Crippen LogP contribution in [-0.2, 0) is 16.1 Å². The summed E-state index contributed by atoms with van der Waals surface area (Å²) in [5, 5.41) is 20.4. The second kappa shape index (κ2) is 7.46. The fourth-order valence-electron chi connectivity index (χ4n) is 1.27. The number of halogens is 1. The van der Waals surface area contributed by atoms with E-state index < -0.39 is 29.7 Å². The Labute approximate surface area is 152 Å². The minimum atomic E-state index is -1.87. The molecule has 0 saturated heterocycles. The van der Waals surface area contributed by atoms with E-state index in [2.05, 4.69) is 0 Å². The Morgan fingerprint density at radius 3 is 2.37 bits per heavy atom. The van der Waals surface area contributed by atoms with Gasteiger partial charge in [-0.05, 0) is 19.9 Å². The first kappa shape index (κ1) is 18.7. The molecule has 0 atom stereocenters. The first-order chi connectivity index (χ1) is 8.26. The number of benzene rings is 1. The number of nitrogens with zero attached hydrogens (tertiary/aromatic N) is 1. The van der Waals surface area contributed by atoms with Crippen molar-refractivity contribution in [3.05, 3.63) is 35.6 Å². The largest absolute Gasteiger partial charge is 1.00 e. The summed E-state index contributed by atoms with van der Waals surface area (Å²) < 4.78 is 13.3. The molecule has 1 aromatic carbocycles. The van der Waals surface area contributed by atoms with E-state index in [0.29, 0.717) is 0 Å². The quantitative estimate of drug-likeness (QED) is 0.284. The molecule has 1 N–H and O–H groups in total. The monoisotopic (exact) mass is 293 g/mol. The molecule has 0 bridgehead atoms. The minimum Gasteiger partial charge on any atom is -0.549 e. The summed E-state index contributed by atoms with van der Waals surface area (Å²) in [4.78, 5) is 22.4. The normalized spacial score (nSPS) is 10.5. The second-order valence-electron chi connectivity index (χ2n) is 4.37. The Morgan fingerprint density at radius 2 is 1.89 bits per heavy atom. The Hall–Kier alpha value is -0.314. The summed E-state index contributed by atoms with van der Waals surface area (Å²) in [7, 11) is 0. The summed E-state index contributed by atoms with van der Waals surface area (Å²) in [5.41, 5.74) is -1.79. The second-order valence-corrected chi connectivity index (χ2v) is 4.37. The van der Waals surface area contributed by atoms with Gasteiger partial charge < -0.3 is 9.90 Å². The van der Waals surface area contributed by atoms with Gasteiger partial charge in [0.05, 0.1) is 17.9 Å². The topological polar surface area (TPSA) is 80.7 Å². The Bertz CT molecular complexity index is 479. The molecule has 19 heavy (non-hydrogen) atoms. The zero-order valence-electron chi connectivity index (χ0n) is 11.0. The molecule has 0 aliphatic rings. The maximum absolute atomic E-state index is 13.3. The minimum absolute atomic E-state index is 0. The van der Waals surface area contributed by atoms with Crippen molar-refractivity contribution in [3.63, 3.8) is 0 Å². The fraction of sp³-hybridized carbons (Fsp3) is 0.333. The van der Waals surface area contributed by atoms with Crippen LogP contribution in [-0.4, -0.2) is 22.1 Å². The van der Waals surface area contributed by atoms with Crippen LogP contribution in [0.2, 0.25) is 0 Å². The zero-order valence-corrected chi connectivity index (χ0v) is 14.1. The van der Waals surface area contributed by atoms with E-state index >= 15 is 0 Å². The van der Waals surface area contributed by atoms with Crippen molar-refractivity contribution >= 4 is 11.9 Å². The molecule has 0 unspecified atom stereocenters. The standard InChI is InChI=1S/C12H14FNO4.K/c1-12(2,11(16)17)10(15)14(18)7-8-5-3-4-6-9(8)13;/h3-6,18H,7H2,1-2H3,(H,16,17);/q;+1/p-1. The molecule has 0 heterocycles. The third-order valence-corrected chi connectivity index (χ3v) is 2.56. The molecule has 1 aromatic rings. The molecule has 0 spiro atoms. The molecule has 1 amide bonds. The van der Waals surface area contributed by atoms with Gasteiger partial charge in [-0.3, -0.25) is 10.0 Å². The van der Waals surface area contributed by atoms with Crippen molar-refractivity contribution in [1.82, 2.24) is 5.06 Å². The van der Waals surface area contributed by atoms with Gasteiger partial charge in [0.2, 0.25) is 0 Å². The number of carbonyl (C=O) groups is 2. The molecule has 0 fully saturated rings. The third kappa shape index (κ3) is 4.62. The maximum Gasteiger partial charge on any atom is 1.00 e. The SMILES string of the molecule is CC(C)(C(=O)[O-])C(=O)N(O)Cc1ccccc1F.[K+]. The molecule has 0 aromatic heterocycles. The molecule has 0 saturated carbocycles. The molecular weight excluding hydrogens is 280 g/mol. The van der Waals surface area contributed by atoms with E-state index in [1.807, 2.05) is 0 Å². The molecule has 0 aliphatic carbocycles. The van der Waals surface area contributed by atoms with Crippen molar-refractivity contribution in [2.45, 2.75) is 20.4 Å². The van der Waals surface area contributed by atoms with Gasteiger partial charge in [-0.1, -0.05) is 18.2 Å². The van der Waals surface area contributed by atoms with Gasteiger partial charge in [0.25, 0.3) is 5.91 Å². The van der Waals surface area contributed by atoms with E-state index in [1.54, 1.807) is 6.07 Å². The van der Waals surface area contributed by atoms with E-state index in [1.165, 1.54) is 18.2 Å². The molecule has 5 nitrogen and oxygen atoms in total. The van der Waals surface area contributed by atoms with Crippen LogP contribution >= 0.6 is 0 Å². The number of amides is 1. The van der Waals surface area contributed by atoms with E-state index in [-0.39, 0.29) is 62.0 Å². The third-order valence-electron chi connectivity index (χ3n) is 2.56. The molecule has 7 heteroatoms. The van der Waals surface area contributed by atoms with Gasteiger partial charge in [-0.15, -0.1) is 0 Å². The molecule has 0 radical (unpaired) electrons. The number of hydrogen-bond donors (Lipinski definition) is 1. The van der Waals surface area contributed by atoms with Gasteiger partial charge in [0, 0.05) is 5.56 Å². The van der Waals surface area contributed by atoms with Crippen LogP contribution in [0.1, 0.15) is 19.4 Å². The number of carbonyl (C=O) groups excluding carboxylic acids is 2. The Morgan fingerprint density at radius 1 is 1.37 bits per heavy atom. The summed E-state index contributed by atoms with van der Waals surface area (Å²) in [6.45, 7) is 1.78. The Kier molecular flexibility index (Phi) is 7.34. The summed E-state index contributed by atoms with van der Waals surface area (Å²) >= 11 is 0. The van der Waals surface area contributed by atoms with Crippen molar-refractivity contribution in [3.8, 4) is 0 Å². The van der Waals surface area contributed by atoms with Crippen LogP contribution in [0.4, 0.5) is 4.39 Å². The van der Waals surface area contributed by atoms with E-state index in [9.17, 15) is 24.3 Å². The first-order valence-electron chi connectivity index (χ1n) is 5.22. The van der Waals surface area contributed by atoms with Crippen LogP contribution in [0.5, 0.6) is 0 Å². The fourth-order valence-corrected chi connectivity index (χ4v) is 1.27. The van der Waals surface area contributed by atoms with Crippen molar-refractivity contribution in [2.75, 3.05) is 0 Å². The summed E-state index contributed by atoms with van der Waals surface area (Å²) in [6, 6.07) is 5.57.